The first-order valence-electron chi connectivity index (χ1n) is 17.8. The van der Waals surface area contributed by atoms with Gasteiger partial charge in [-0.1, -0.05) is 54.6 Å². The molecule has 4 aromatic carbocycles. The number of pyridine rings is 1. The first kappa shape index (κ1) is 38.5. The maximum atomic E-state index is 13.1. The molecule has 2 amide bonds. The summed E-state index contributed by atoms with van der Waals surface area (Å²) in [5.41, 5.74) is -0.429. The van der Waals surface area contributed by atoms with E-state index in [0.29, 0.717) is 48.3 Å². The van der Waals surface area contributed by atoms with Gasteiger partial charge >= 0.3 is 5.97 Å². The van der Waals surface area contributed by atoms with E-state index in [-0.39, 0.29) is 70.8 Å². The molecular formula is C41H42N4O10. The van der Waals surface area contributed by atoms with Crippen molar-refractivity contribution in [3.05, 3.63) is 135 Å². The number of carboxylic acids is 1. The van der Waals surface area contributed by atoms with E-state index in [2.05, 4.69) is 20.9 Å². The molecule has 0 radical (unpaired) electrons. The minimum absolute atomic E-state index is 0.0817. The summed E-state index contributed by atoms with van der Waals surface area (Å²) in [7, 11) is 0. The Bertz CT molecular complexity index is 2240. The average Bonchev–Trinajstić information content (AvgIpc) is 3.17. The molecule has 0 saturated heterocycles. The van der Waals surface area contributed by atoms with Crippen molar-refractivity contribution in [3.8, 4) is 17.2 Å². The summed E-state index contributed by atoms with van der Waals surface area (Å²) in [6, 6.07) is 24.7. The predicted molar refractivity (Wildman–Crippen MR) is 202 cm³/mol. The van der Waals surface area contributed by atoms with Crippen molar-refractivity contribution in [1.29, 1.82) is 0 Å². The van der Waals surface area contributed by atoms with Gasteiger partial charge in [-0.25, -0.2) is 4.79 Å². The molecule has 1 fully saturated rings. The number of aromatic nitrogens is 1. The number of fused-ring (bicyclic) bond motifs is 1. The monoisotopic (exact) mass is 750 g/mol. The van der Waals surface area contributed by atoms with E-state index in [1.54, 1.807) is 60.7 Å². The highest BCUT2D eigenvalue weighted by molar-refractivity contribution is 5.95. The van der Waals surface area contributed by atoms with Crippen molar-refractivity contribution in [2.45, 2.75) is 50.1 Å². The highest BCUT2D eigenvalue weighted by Crippen LogP contribution is 2.33. The van der Waals surface area contributed by atoms with E-state index in [1.807, 2.05) is 6.92 Å². The number of hydrogen-bond acceptors (Lipinski definition) is 10. The molecule has 5 aromatic rings. The van der Waals surface area contributed by atoms with Gasteiger partial charge in [0.2, 0.25) is 11.2 Å². The highest BCUT2D eigenvalue weighted by atomic mass is 16.5. The predicted octanol–water partition coefficient (Wildman–Crippen LogP) is 3.23. The number of aliphatic hydroxyl groups excluding tert-OH is 1. The summed E-state index contributed by atoms with van der Waals surface area (Å²) in [6.45, 7) is 2.37. The number of carbonyl (C=O) groups is 3. The topological polar surface area (TPSA) is 220 Å². The smallest absolute Gasteiger partial charge is 0.345 e. The van der Waals surface area contributed by atoms with Crippen LogP contribution < -0.4 is 31.0 Å². The Morgan fingerprint density at radius 1 is 0.891 bits per heavy atom. The van der Waals surface area contributed by atoms with Crippen LogP contribution in [0.25, 0.3) is 10.9 Å². The molecule has 55 heavy (non-hydrogen) atoms. The summed E-state index contributed by atoms with van der Waals surface area (Å²) in [5.74, 6) is -1.48. The minimum atomic E-state index is -2.30. The standard InChI is InChI=1S/C41H42N4O10/c1-2-54-35-17-24(11-12-25(35)21-42-22-34(47)31-13-15-33(46)38-32(31)14-16-36(48)45-38)39(50)44-29-19-28(20-29)43-37(49)23-55-30-10-6-9-27(18-30)41(53,40(51)52)26-7-4-3-5-8-26/h3-18,28-29,34,42,46-47,53H,2,19-23H2,1H3,(H,43,49)(H,44,50)(H,45,48)(H,51,52). The highest BCUT2D eigenvalue weighted by Gasteiger charge is 2.40. The number of amides is 2. The van der Waals surface area contributed by atoms with Crippen LogP contribution in [0.4, 0.5) is 0 Å². The molecule has 2 unspecified atom stereocenters. The van der Waals surface area contributed by atoms with E-state index in [4.69, 9.17) is 9.47 Å². The van der Waals surface area contributed by atoms with Crippen LogP contribution >= 0.6 is 0 Å². The Morgan fingerprint density at radius 2 is 1.64 bits per heavy atom. The molecule has 1 saturated carbocycles. The molecule has 0 spiro atoms. The Balaban J connectivity index is 0.967. The van der Waals surface area contributed by atoms with Gasteiger partial charge in [-0.2, -0.15) is 0 Å². The number of phenolic OH excluding ortho intramolecular Hbond substituents is 1. The summed E-state index contributed by atoms with van der Waals surface area (Å²) < 4.78 is 11.4. The molecule has 14 heteroatoms. The van der Waals surface area contributed by atoms with Gasteiger partial charge in [0.1, 0.15) is 17.2 Å². The second-order valence-electron chi connectivity index (χ2n) is 13.3. The summed E-state index contributed by atoms with van der Waals surface area (Å²) >= 11 is 0. The molecule has 6 rings (SSSR count). The molecule has 8 N–H and O–H groups in total. The molecule has 286 valence electrons. The van der Waals surface area contributed by atoms with Crippen molar-refractivity contribution in [2.75, 3.05) is 19.8 Å². The number of aromatic hydroxyl groups is 1. The first-order valence-corrected chi connectivity index (χ1v) is 17.8. The first-order chi connectivity index (χ1) is 26.5. The van der Waals surface area contributed by atoms with Crippen LogP contribution in [-0.2, 0) is 21.7 Å². The van der Waals surface area contributed by atoms with Gasteiger partial charge in [0, 0.05) is 53.3 Å². The minimum Gasteiger partial charge on any atom is -0.506 e. The number of carbonyl (C=O) groups excluding carboxylic acids is 2. The lowest BCUT2D eigenvalue weighted by Gasteiger charge is -2.36. The fourth-order valence-electron chi connectivity index (χ4n) is 6.58. The SMILES string of the molecule is CCOc1cc(C(=O)NC2CC(NC(=O)COc3cccc(C(O)(C(=O)O)c4ccccc4)c3)C2)ccc1CNCC(O)c1ccc(O)c2[nH]c(=O)ccc12. The summed E-state index contributed by atoms with van der Waals surface area (Å²) in [5, 5.41) is 51.6. The fraction of sp³-hybridized carbons (Fsp3) is 0.268. The number of phenols is 1. The van der Waals surface area contributed by atoms with Crippen molar-refractivity contribution in [2.24, 2.45) is 0 Å². The number of hydrogen-bond donors (Lipinski definition) is 8. The second-order valence-corrected chi connectivity index (χ2v) is 13.3. The van der Waals surface area contributed by atoms with Crippen LogP contribution in [0.1, 0.15) is 58.5 Å². The van der Waals surface area contributed by atoms with Gasteiger partial charge in [0.25, 0.3) is 11.8 Å². The Morgan fingerprint density at radius 3 is 2.38 bits per heavy atom. The van der Waals surface area contributed by atoms with Crippen molar-refractivity contribution < 1.29 is 44.3 Å². The molecule has 1 aliphatic carbocycles. The van der Waals surface area contributed by atoms with E-state index in [1.165, 1.54) is 36.4 Å². The van der Waals surface area contributed by atoms with E-state index in [0.717, 1.165) is 5.56 Å². The largest absolute Gasteiger partial charge is 0.506 e. The summed E-state index contributed by atoms with van der Waals surface area (Å²) in [4.78, 5) is 52.2. The molecule has 1 heterocycles. The molecule has 0 aliphatic heterocycles. The number of aliphatic hydroxyl groups is 2. The number of carboxylic acid groups (broad SMARTS) is 1. The van der Waals surface area contributed by atoms with Gasteiger partial charge in [0.05, 0.1) is 18.2 Å². The van der Waals surface area contributed by atoms with Crippen LogP contribution in [0.2, 0.25) is 0 Å². The zero-order valence-electron chi connectivity index (χ0n) is 30.0. The molecule has 1 aliphatic rings. The average molecular weight is 751 g/mol. The third kappa shape index (κ3) is 8.78. The van der Waals surface area contributed by atoms with Crippen molar-refractivity contribution in [3.63, 3.8) is 0 Å². The quantitative estimate of drug-likeness (QED) is 0.0732. The lowest BCUT2D eigenvalue weighted by atomic mass is 9.86. The fourth-order valence-corrected chi connectivity index (χ4v) is 6.58. The zero-order chi connectivity index (χ0) is 39.1. The number of ether oxygens (including phenoxy) is 2. The van der Waals surface area contributed by atoms with Crippen LogP contribution in [0.5, 0.6) is 17.2 Å². The van der Waals surface area contributed by atoms with Gasteiger partial charge in [0.15, 0.2) is 6.61 Å². The van der Waals surface area contributed by atoms with Gasteiger partial charge in [-0.15, -0.1) is 0 Å². The molecular weight excluding hydrogens is 708 g/mol. The second kappa shape index (κ2) is 16.8. The summed E-state index contributed by atoms with van der Waals surface area (Å²) in [6.07, 6.45) is 0.0962. The Hall–Kier alpha value is -6.22. The number of rotatable bonds is 16. The maximum absolute atomic E-state index is 13.1. The molecule has 0 bridgehead atoms. The third-order valence-corrected chi connectivity index (χ3v) is 9.51. The third-order valence-electron chi connectivity index (χ3n) is 9.51. The number of aliphatic carboxylic acids is 1. The van der Waals surface area contributed by atoms with E-state index >= 15 is 0 Å². The van der Waals surface area contributed by atoms with Crippen molar-refractivity contribution >= 4 is 28.7 Å². The normalized spacial score (nSPS) is 16.6. The van der Waals surface area contributed by atoms with E-state index in [9.17, 15) is 39.6 Å². The maximum Gasteiger partial charge on any atom is 0.345 e. The lowest BCUT2D eigenvalue weighted by molar-refractivity contribution is -0.155. The van der Waals surface area contributed by atoms with Crippen LogP contribution in [0.15, 0.2) is 102 Å². The lowest BCUT2D eigenvalue weighted by Crippen LogP contribution is -2.54. The number of aromatic amines is 1. The number of H-pyrrole nitrogens is 1. The van der Waals surface area contributed by atoms with Gasteiger partial charge in [-0.3, -0.25) is 14.4 Å². The molecule has 1 aromatic heterocycles. The van der Waals surface area contributed by atoms with Gasteiger partial charge < -0.3 is 50.8 Å². The molecule has 14 nitrogen and oxygen atoms in total. The van der Waals surface area contributed by atoms with E-state index < -0.39 is 17.7 Å². The Kier molecular flexibility index (Phi) is 11.8. The van der Waals surface area contributed by atoms with Gasteiger partial charge in [-0.05, 0) is 67.3 Å². The van der Waals surface area contributed by atoms with Crippen LogP contribution in [0, 0.1) is 0 Å². The van der Waals surface area contributed by atoms with Crippen LogP contribution in [-0.4, -0.2) is 75.0 Å². The van der Waals surface area contributed by atoms with Crippen LogP contribution in [0.3, 0.4) is 0 Å². The van der Waals surface area contributed by atoms with Crippen molar-refractivity contribution in [1.82, 2.24) is 20.9 Å². The number of nitrogens with one attached hydrogen (secondary N) is 4. The Labute approximate surface area is 315 Å². The number of benzene rings is 4. The zero-order valence-corrected chi connectivity index (χ0v) is 30.0. The molecule has 2 atom stereocenters.